The number of benzene rings is 3. The Morgan fingerprint density at radius 2 is 1.68 bits per heavy atom. The number of hydrogen-bond donors (Lipinski definition) is 1. The molecule has 0 unspecified atom stereocenters. The molecule has 5 heteroatoms. The highest BCUT2D eigenvalue weighted by atomic mass is 16.3. The molecule has 1 N–H and O–H groups in total. The maximum atomic E-state index is 13.1. The van der Waals surface area contributed by atoms with Crippen LogP contribution >= 0.6 is 0 Å². The zero-order valence-electron chi connectivity index (χ0n) is 14.8. The molecule has 0 radical (unpaired) electrons. The number of carbonyl (C=O) groups is 1. The van der Waals surface area contributed by atoms with E-state index in [9.17, 15) is 4.79 Å². The summed E-state index contributed by atoms with van der Waals surface area (Å²) < 4.78 is 5.86. The molecule has 3 aromatic carbocycles. The maximum absolute atomic E-state index is 13.1. The lowest BCUT2D eigenvalue weighted by Crippen LogP contribution is -2.13. The van der Waals surface area contributed by atoms with E-state index in [1.165, 1.54) is 0 Å². The molecule has 5 rings (SSSR count). The Morgan fingerprint density at radius 3 is 2.61 bits per heavy atom. The third kappa shape index (κ3) is 2.79. The van der Waals surface area contributed by atoms with Gasteiger partial charge in [0.2, 0.25) is 5.89 Å². The smallest absolute Gasteiger partial charge is 0.256 e. The highest BCUT2D eigenvalue weighted by Crippen LogP contribution is 2.28. The van der Waals surface area contributed by atoms with Crippen LogP contribution in [0, 0.1) is 0 Å². The molecular weight excluding hydrogens is 350 g/mol. The fourth-order valence-corrected chi connectivity index (χ4v) is 3.25. The molecule has 0 aliphatic carbocycles. The third-order valence-electron chi connectivity index (χ3n) is 4.58. The van der Waals surface area contributed by atoms with E-state index in [1.807, 2.05) is 72.8 Å². The fourth-order valence-electron chi connectivity index (χ4n) is 3.25. The second-order valence-electron chi connectivity index (χ2n) is 6.37. The average molecular weight is 365 g/mol. The fraction of sp³-hybridized carbons (Fsp3) is 0. The predicted molar refractivity (Wildman–Crippen MR) is 109 cm³/mol. The normalized spacial score (nSPS) is 11.0. The lowest BCUT2D eigenvalue weighted by Gasteiger charge is -2.10. The van der Waals surface area contributed by atoms with Crippen LogP contribution in [0.1, 0.15) is 10.4 Å². The molecule has 1 amide bonds. The minimum atomic E-state index is -0.240. The first-order valence-electron chi connectivity index (χ1n) is 8.90. The van der Waals surface area contributed by atoms with Crippen LogP contribution in [0.25, 0.3) is 33.5 Å². The van der Waals surface area contributed by atoms with Crippen molar-refractivity contribution < 1.29 is 9.21 Å². The second-order valence-corrected chi connectivity index (χ2v) is 6.37. The van der Waals surface area contributed by atoms with Crippen LogP contribution in [0.5, 0.6) is 0 Å². The third-order valence-corrected chi connectivity index (χ3v) is 4.58. The van der Waals surface area contributed by atoms with E-state index < -0.39 is 0 Å². The zero-order chi connectivity index (χ0) is 18.9. The molecule has 0 bridgehead atoms. The topological polar surface area (TPSA) is 68.0 Å². The van der Waals surface area contributed by atoms with Crippen LogP contribution in [0.15, 0.2) is 89.5 Å². The standard InChI is InChI=1S/C23H15N3O2/c27-22(25-19-12-5-7-15-8-6-14-24-21(15)19)16-9-1-2-10-17(16)23-26-18-11-3-4-13-20(18)28-23/h1-14H,(H,25,27). The number of pyridine rings is 1. The van der Waals surface area contributed by atoms with Gasteiger partial charge >= 0.3 is 0 Å². The Kier molecular flexibility index (Phi) is 3.84. The summed E-state index contributed by atoms with van der Waals surface area (Å²) in [6.45, 7) is 0. The molecule has 134 valence electrons. The Balaban J connectivity index is 1.55. The predicted octanol–water partition coefficient (Wildman–Crippen LogP) is 5.30. The number of para-hydroxylation sites is 3. The molecule has 2 aromatic heterocycles. The van der Waals surface area contributed by atoms with Gasteiger partial charge in [0.05, 0.1) is 16.8 Å². The van der Waals surface area contributed by atoms with Gasteiger partial charge in [-0.3, -0.25) is 9.78 Å². The summed E-state index contributed by atoms with van der Waals surface area (Å²) in [4.78, 5) is 22.0. The monoisotopic (exact) mass is 365 g/mol. The molecule has 0 saturated carbocycles. The lowest BCUT2D eigenvalue weighted by atomic mass is 10.1. The van der Waals surface area contributed by atoms with Crippen LogP contribution in [0.2, 0.25) is 0 Å². The van der Waals surface area contributed by atoms with Gasteiger partial charge in [0.1, 0.15) is 5.52 Å². The van der Waals surface area contributed by atoms with Crippen molar-refractivity contribution in [2.24, 2.45) is 0 Å². The quantitative estimate of drug-likeness (QED) is 0.471. The number of rotatable bonds is 3. The van der Waals surface area contributed by atoms with Crippen LogP contribution in [0.4, 0.5) is 5.69 Å². The van der Waals surface area contributed by atoms with Crippen molar-refractivity contribution in [2.75, 3.05) is 5.32 Å². The molecule has 0 fully saturated rings. The van der Waals surface area contributed by atoms with Crippen LogP contribution in [-0.4, -0.2) is 15.9 Å². The summed E-state index contributed by atoms with van der Waals surface area (Å²) in [5.41, 5.74) is 3.98. The van der Waals surface area contributed by atoms with Gasteiger partial charge in [-0.05, 0) is 36.4 Å². The van der Waals surface area contributed by atoms with Gasteiger partial charge in [0.15, 0.2) is 5.58 Å². The van der Waals surface area contributed by atoms with E-state index in [0.29, 0.717) is 28.3 Å². The van der Waals surface area contributed by atoms with Gasteiger partial charge < -0.3 is 9.73 Å². The number of fused-ring (bicyclic) bond motifs is 2. The van der Waals surface area contributed by atoms with Crippen molar-refractivity contribution in [3.63, 3.8) is 0 Å². The summed E-state index contributed by atoms with van der Waals surface area (Å²) in [5, 5.41) is 3.94. The van der Waals surface area contributed by atoms with E-state index in [1.54, 1.807) is 12.3 Å². The van der Waals surface area contributed by atoms with E-state index in [0.717, 1.165) is 16.4 Å². The zero-order valence-corrected chi connectivity index (χ0v) is 14.8. The Hall–Kier alpha value is -3.99. The average Bonchev–Trinajstić information content (AvgIpc) is 3.18. The van der Waals surface area contributed by atoms with Gasteiger partial charge in [0, 0.05) is 17.1 Å². The molecule has 5 aromatic rings. The molecule has 0 aliphatic rings. The highest BCUT2D eigenvalue weighted by Gasteiger charge is 2.17. The number of hydrogen-bond acceptors (Lipinski definition) is 4. The van der Waals surface area contributed by atoms with Gasteiger partial charge in [-0.1, -0.05) is 42.5 Å². The summed E-state index contributed by atoms with van der Waals surface area (Å²) in [6.07, 6.45) is 1.71. The second kappa shape index (κ2) is 6.63. The summed E-state index contributed by atoms with van der Waals surface area (Å²) in [6, 6.07) is 24.3. The Morgan fingerprint density at radius 1 is 0.857 bits per heavy atom. The van der Waals surface area contributed by atoms with Crippen LogP contribution < -0.4 is 5.32 Å². The van der Waals surface area contributed by atoms with E-state index in [-0.39, 0.29) is 5.91 Å². The molecular formula is C23H15N3O2. The van der Waals surface area contributed by atoms with Gasteiger partial charge in [-0.15, -0.1) is 0 Å². The number of amides is 1. The molecule has 0 spiro atoms. The van der Waals surface area contributed by atoms with Gasteiger partial charge in [-0.2, -0.15) is 0 Å². The van der Waals surface area contributed by atoms with Crippen molar-refractivity contribution >= 4 is 33.6 Å². The van der Waals surface area contributed by atoms with Crippen molar-refractivity contribution in [1.29, 1.82) is 0 Å². The molecule has 0 atom stereocenters. The van der Waals surface area contributed by atoms with Crippen LogP contribution in [-0.2, 0) is 0 Å². The lowest BCUT2D eigenvalue weighted by molar-refractivity contribution is 0.102. The molecule has 5 nitrogen and oxygen atoms in total. The Bertz CT molecular complexity index is 1290. The molecule has 0 saturated heterocycles. The first kappa shape index (κ1) is 16.2. The SMILES string of the molecule is O=C(Nc1cccc2cccnc12)c1ccccc1-c1nc2ccccc2o1. The van der Waals surface area contributed by atoms with Crippen molar-refractivity contribution in [1.82, 2.24) is 9.97 Å². The largest absolute Gasteiger partial charge is 0.436 e. The number of nitrogens with zero attached hydrogens (tertiary/aromatic N) is 2. The minimum absolute atomic E-state index is 0.240. The van der Waals surface area contributed by atoms with Crippen molar-refractivity contribution in [3.05, 3.63) is 90.6 Å². The van der Waals surface area contributed by atoms with E-state index >= 15 is 0 Å². The first-order valence-corrected chi connectivity index (χ1v) is 8.90. The molecule has 28 heavy (non-hydrogen) atoms. The summed E-state index contributed by atoms with van der Waals surface area (Å²) >= 11 is 0. The minimum Gasteiger partial charge on any atom is -0.436 e. The van der Waals surface area contributed by atoms with Crippen LogP contribution in [0.3, 0.4) is 0 Å². The summed E-state index contributed by atoms with van der Waals surface area (Å²) in [7, 11) is 0. The number of anilines is 1. The van der Waals surface area contributed by atoms with Gasteiger partial charge in [0.25, 0.3) is 5.91 Å². The van der Waals surface area contributed by atoms with Crippen molar-refractivity contribution in [3.8, 4) is 11.5 Å². The number of oxazole rings is 1. The van der Waals surface area contributed by atoms with Gasteiger partial charge in [-0.25, -0.2) is 4.98 Å². The Labute approximate surface area is 160 Å². The molecule has 0 aliphatic heterocycles. The van der Waals surface area contributed by atoms with Crippen molar-refractivity contribution in [2.45, 2.75) is 0 Å². The maximum Gasteiger partial charge on any atom is 0.256 e. The number of nitrogens with one attached hydrogen (secondary N) is 1. The molecule has 2 heterocycles. The number of carbonyl (C=O) groups excluding carboxylic acids is 1. The summed E-state index contributed by atoms with van der Waals surface area (Å²) in [5.74, 6) is 0.180. The first-order chi connectivity index (χ1) is 13.8. The number of aromatic nitrogens is 2. The highest BCUT2D eigenvalue weighted by molar-refractivity contribution is 6.11. The van der Waals surface area contributed by atoms with E-state index in [2.05, 4.69) is 15.3 Å². The van der Waals surface area contributed by atoms with E-state index in [4.69, 9.17) is 4.42 Å².